The van der Waals surface area contributed by atoms with Crippen LogP contribution in [0.25, 0.3) is 0 Å². The molecule has 1 aromatic rings. The molecule has 1 saturated carbocycles. The largest absolute Gasteiger partial charge is 0.330 e. The summed E-state index contributed by atoms with van der Waals surface area (Å²) in [7, 11) is 0. The second kappa shape index (κ2) is 7.03. The lowest BCUT2D eigenvalue weighted by molar-refractivity contribution is -0.141. The van der Waals surface area contributed by atoms with Gasteiger partial charge in [0, 0.05) is 25.2 Å². The summed E-state index contributed by atoms with van der Waals surface area (Å²) in [6.07, 6.45) is 2.42. The van der Waals surface area contributed by atoms with Crippen LogP contribution in [0.3, 0.4) is 0 Å². The molecule has 1 aromatic carbocycles. The molecule has 5 rings (SSSR count). The summed E-state index contributed by atoms with van der Waals surface area (Å²) in [6.45, 7) is 2.90. The number of nitrogens with zero attached hydrogens (tertiary/aromatic N) is 4. The molecule has 2 amide bonds. The highest BCUT2D eigenvalue weighted by atomic mass is 19.1. The maximum Gasteiger partial charge on any atom is 0.242 e. The maximum absolute atomic E-state index is 13.6. The number of fused-ring (bicyclic) bond motifs is 3. The first-order valence-corrected chi connectivity index (χ1v) is 10.7. The molecule has 3 heterocycles. The van der Waals surface area contributed by atoms with Crippen molar-refractivity contribution in [2.24, 2.45) is 11.7 Å². The highest BCUT2D eigenvalue weighted by Gasteiger charge is 2.56. The Bertz CT molecular complexity index is 932. The maximum atomic E-state index is 13.6. The van der Waals surface area contributed by atoms with Crippen LogP contribution in [0.1, 0.15) is 37.8 Å². The number of likely N-dealkylation sites (tertiary alicyclic amines) is 3. The van der Waals surface area contributed by atoms with E-state index in [-0.39, 0.29) is 47.8 Å². The van der Waals surface area contributed by atoms with Gasteiger partial charge in [0.2, 0.25) is 11.8 Å². The van der Waals surface area contributed by atoms with Crippen molar-refractivity contribution in [1.82, 2.24) is 14.7 Å². The Balaban J connectivity index is 1.24. The first-order chi connectivity index (χ1) is 14.4. The minimum Gasteiger partial charge on any atom is -0.330 e. The summed E-state index contributed by atoms with van der Waals surface area (Å²) in [5.41, 5.74) is 7.03. The summed E-state index contributed by atoms with van der Waals surface area (Å²) in [5.74, 6) is -0.0152. The Morgan fingerprint density at radius 3 is 2.87 bits per heavy atom. The van der Waals surface area contributed by atoms with Crippen LogP contribution in [0.15, 0.2) is 24.3 Å². The number of halogens is 1. The minimum atomic E-state index is -0.735. The van der Waals surface area contributed by atoms with Gasteiger partial charge in [0.05, 0.1) is 24.2 Å². The second-order valence-corrected chi connectivity index (χ2v) is 9.13. The van der Waals surface area contributed by atoms with E-state index in [2.05, 4.69) is 6.07 Å². The molecule has 4 aliphatic rings. The van der Waals surface area contributed by atoms with Crippen LogP contribution in [0.5, 0.6) is 0 Å². The fourth-order valence-corrected chi connectivity index (χ4v) is 5.74. The van der Waals surface area contributed by atoms with E-state index in [0.717, 1.165) is 18.4 Å². The van der Waals surface area contributed by atoms with Gasteiger partial charge in [-0.3, -0.25) is 14.5 Å². The first-order valence-electron chi connectivity index (χ1n) is 10.7. The number of piperazine rings is 1. The van der Waals surface area contributed by atoms with Crippen molar-refractivity contribution in [2.75, 3.05) is 13.1 Å². The van der Waals surface area contributed by atoms with E-state index in [1.54, 1.807) is 11.0 Å². The number of amides is 2. The number of benzene rings is 1. The Kier molecular flexibility index (Phi) is 4.56. The minimum absolute atomic E-state index is 0.0148. The van der Waals surface area contributed by atoms with Gasteiger partial charge < -0.3 is 15.5 Å². The smallest absolute Gasteiger partial charge is 0.242 e. The van der Waals surface area contributed by atoms with Crippen molar-refractivity contribution in [3.63, 3.8) is 0 Å². The van der Waals surface area contributed by atoms with Crippen LogP contribution >= 0.6 is 0 Å². The van der Waals surface area contributed by atoms with E-state index in [4.69, 9.17) is 5.73 Å². The Labute approximate surface area is 175 Å². The fourth-order valence-electron chi connectivity index (χ4n) is 5.74. The molecule has 7 nitrogen and oxygen atoms in total. The van der Waals surface area contributed by atoms with Crippen LogP contribution in [0, 0.1) is 23.1 Å². The summed E-state index contributed by atoms with van der Waals surface area (Å²) in [4.78, 5) is 31.5. The van der Waals surface area contributed by atoms with Crippen LogP contribution in [-0.4, -0.2) is 69.8 Å². The van der Waals surface area contributed by atoms with Gasteiger partial charge in [0.1, 0.15) is 11.9 Å². The van der Waals surface area contributed by atoms with E-state index in [1.807, 2.05) is 22.8 Å². The third-order valence-electron chi connectivity index (χ3n) is 7.32. The molecule has 2 N–H and O–H groups in total. The third kappa shape index (κ3) is 2.99. The van der Waals surface area contributed by atoms with Gasteiger partial charge >= 0.3 is 0 Å². The molecule has 8 heteroatoms. The summed E-state index contributed by atoms with van der Waals surface area (Å²) in [5, 5.41) is 9.33. The van der Waals surface area contributed by atoms with E-state index in [0.29, 0.717) is 25.4 Å². The average molecular weight is 411 g/mol. The summed E-state index contributed by atoms with van der Waals surface area (Å²) >= 11 is 0. The molecule has 0 spiro atoms. The molecule has 158 valence electrons. The van der Waals surface area contributed by atoms with Crippen molar-refractivity contribution in [1.29, 1.82) is 5.26 Å². The lowest BCUT2D eigenvalue weighted by atomic mass is 10.1. The highest BCUT2D eigenvalue weighted by Crippen LogP contribution is 2.48. The molecule has 0 radical (unpaired) electrons. The molecule has 30 heavy (non-hydrogen) atoms. The highest BCUT2D eigenvalue weighted by molar-refractivity contribution is 5.87. The normalized spacial score (nSPS) is 34.1. The predicted octanol–water partition coefficient (Wildman–Crippen LogP) is 1.01. The van der Waals surface area contributed by atoms with Crippen molar-refractivity contribution in [3.05, 3.63) is 35.6 Å². The van der Waals surface area contributed by atoms with E-state index in [1.165, 1.54) is 12.1 Å². The van der Waals surface area contributed by atoms with Gasteiger partial charge in [-0.25, -0.2) is 4.39 Å². The monoisotopic (exact) mass is 411 g/mol. The number of hydrogen-bond acceptors (Lipinski definition) is 5. The first kappa shape index (κ1) is 19.5. The van der Waals surface area contributed by atoms with Gasteiger partial charge in [-0.2, -0.15) is 5.26 Å². The van der Waals surface area contributed by atoms with Crippen molar-refractivity contribution in [3.8, 4) is 6.07 Å². The molecule has 7 atom stereocenters. The van der Waals surface area contributed by atoms with Crippen LogP contribution in [0.2, 0.25) is 0 Å². The zero-order chi connectivity index (χ0) is 21.2. The summed E-state index contributed by atoms with van der Waals surface area (Å²) in [6, 6.07) is 7.22. The number of carbonyl (C=O) groups is 2. The van der Waals surface area contributed by atoms with Crippen molar-refractivity contribution in [2.45, 2.75) is 62.4 Å². The third-order valence-corrected chi connectivity index (χ3v) is 7.32. The van der Waals surface area contributed by atoms with Gasteiger partial charge in [-0.15, -0.1) is 0 Å². The molecule has 0 unspecified atom stereocenters. The number of rotatable bonds is 5. The van der Waals surface area contributed by atoms with Crippen LogP contribution in [-0.2, 0) is 9.59 Å². The van der Waals surface area contributed by atoms with E-state index in [9.17, 15) is 19.2 Å². The topological polar surface area (TPSA) is 93.7 Å². The van der Waals surface area contributed by atoms with Gasteiger partial charge in [-0.1, -0.05) is 12.1 Å². The zero-order valence-electron chi connectivity index (χ0n) is 16.9. The SMILES string of the molecule is C[C@@H](c1cccc(F)c1)N1C(=O)[C@@H]2C[C@H]1CN2C[C@H](N)C(=O)N1[C@H](C#N)C[C@@H]2C[C@@H]21. The van der Waals surface area contributed by atoms with E-state index >= 15 is 0 Å². The summed E-state index contributed by atoms with van der Waals surface area (Å²) < 4.78 is 13.6. The molecule has 1 aliphatic carbocycles. The molecule has 4 fully saturated rings. The lowest BCUT2D eigenvalue weighted by Crippen LogP contribution is -2.57. The molecular weight excluding hydrogens is 385 g/mol. The zero-order valence-corrected chi connectivity index (χ0v) is 16.9. The molecule has 2 bridgehead atoms. The van der Waals surface area contributed by atoms with Crippen LogP contribution in [0.4, 0.5) is 4.39 Å². The lowest BCUT2D eigenvalue weighted by Gasteiger charge is -2.38. The number of piperidine rings is 1. The number of hydrogen-bond donors (Lipinski definition) is 1. The van der Waals surface area contributed by atoms with Gasteiger partial charge in [-0.05, 0) is 49.8 Å². The number of nitriles is 1. The number of nitrogens with two attached hydrogens (primary N) is 1. The number of carbonyl (C=O) groups excluding carboxylic acids is 2. The van der Waals surface area contributed by atoms with E-state index < -0.39 is 6.04 Å². The Morgan fingerprint density at radius 1 is 1.37 bits per heavy atom. The van der Waals surface area contributed by atoms with Crippen LogP contribution < -0.4 is 5.73 Å². The van der Waals surface area contributed by atoms with Gasteiger partial charge in [0.25, 0.3) is 0 Å². The van der Waals surface area contributed by atoms with Gasteiger partial charge in [0.15, 0.2) is 0 Å². The van der Waals surface area contributed by atoms with Crippen molar-refractivity contribution < 1.29 is 14.0 Å². The predicted molar refractivity (Wildman–Crippen MR) is 106 cm³/mol. The van der Waals surface area contributed by atoms with Crippen molar-refractivity contribution >= 4 is 11.8 Å². The molecular formula is C22H26FN5O2. The standard InChI is InChI=1S/C22H26FN5O2/c1-12(13-3-2-4-15(23)5-13)27-17-8-20(22(27)30)26(10-17)11-18(25)21(29)28-16(9-24)6-14-7-19(14)28/h2-5,12,14,16-20H,6-8,10-11,25H2,1H3/t12-,14+,16-,17-,18-,19-,20-/m0/s1. The Hall–Kier alpha value is -2.50. The second-order valence-electron chi connectivity index (χ2n) is 9.13. The molecule has 3 aliphatic heterocycles. The average Bonchev–Trinajstić information content (AvgIpc) is 3.06. The molecule has 0 aromatic heterocycles. The fraction of sp³-hybridized carbons (Fsp3) is 0.591. The molecule has 3 saturated heterocycles. The quantitative estimate of drug-likeness (QED) is 0.781. The Morgan fingerprint density at radius 2 is 2.17 bits per heavy atom.